The van der Waals surface area contributed by atoms with Crippen LogP contribution >= 0.6 is 23.4 Å². The van der Waals surface area contributed by atoms with E-state index < -0.39 is 18.1 Å². The van der Waals surface area contributed by atoms with Crippen LogP contribution < -0.4 is 0 Å². The van der Waals surface area contributed by atoms with Crippen LogP contribution in [0.4, 0.5) is 0 Å². The van der Waals surface area contributed by atoms with Crippen LogP contribution in [0.5, 0.6) is 0 Å². The largest absolute Gasteiger partial charge is 0.480 e. The summed E-state index contributed by atoms with van der Waals surface area (Å²) in [5.74, 6) is -0.519. The van der Waals surface area contributed by atoms with Gasteiger partial charge in [0.25, 0.3) is 0 Å². The molecule has 1 aromatic carbocycles. The minimum atomic E-state index is -1.07. The zero-order valence-corrected chi connectivity index (χ0v) is 12.8. The average Bonchev–Trinajstić information content (AvgIpc) is 2.81. The minimum absolute atomic E-state index is 0.0908. The molecule has 0 spiro atoms. The van der Waals surface area contributed by atoms with Crippen LogP contribution in [0.2, 0.25) is 5.02 Å². The van der Waals surface area contributed by atoms with Gasteiger partial charge < -0.3 is 15.1 Å². The maximum absolute atomic E-state index is 12.1. The van der Waals surface area contributed by atoms with Crippen LogP contribution in [-0.2, 0) is 15.3 Å². The Morgan fingerprint density at radius 3 is 2.86 bits per heavy atom. The number of aliphatic hydroxyl groups is 1. The second kappa shape index (κ2) is 7.15. The molecule has 21 heavy (non-hydrogen) atoms. The third-order valence-electron chi connectivity index (χ3n) is 3.27. The predicted octanol–water partition coefficient (Wildman–Crippen LogP) is 1.62. The number of likely N-dealkylation sites (tertiary alicyclic amines) is 1. The lowest BCUT2D eigenvalue weighted by Gasteiger charge is -2.20. The van der Waals surface area contributed by atoms with Crippen LogP contribution in [0.25, 0.3) is 0 Å². The van der Waals surface area contributed by atoms with Gasteiger partial charge in [-0.05, 0) is 17.7 Å². The number of aliphatic hydroxyl groups excluding tert-OH is 1. The molecule has 1 unspecified atom stereocenters. The number of carboxylic acid groups (broad SMARTS) is 1. The number of thioether (sulfide) groups is 1. The van der Waals surface area contributed by atoms with E-state index in [-0.39, 0.29) is 24.6 Å². The first-order chi connectivity index (χ1) is 9.97. The topological polar surface area (TPSA) is 77.8 Å². The number of rotatable bonds is 5. The molecule has 0 aromatic heterocycles. The molecule has 2 atom stereocenters. The Balaban J connectivity index is 1.85. The third kappa shape index (κ3) is 4.36. The summed E-state index contributed by atoms with van der Waals surface area (Å²) in [7, 11) is 0. The van der Waals surface area contributed by atoms with Crippen molar-refractivity contribution in [3.8, 4) is 0 Å². The first-order valence-corrected chi connectivity index (χ1v) is 8.03. The third-order valence-corrected chi connectivity index (χ3v) is 4.49. The zero-order valence-electron chi connectivity index (χ0n) is 11.2. The number of benzene rings is 1. The van der Waals surface area contributed by atoms with Gasteiger partial charge in [0.05, 0.1) is 11.9 Å². The summed E-state index contributed by atoms with van der Waals surface area (Å²) in [4.78, 5) is 24.4. The highest BCUT2D eigenvalue weighted by Crippen LogP contribution is 2.21. The number of hydrogen-bond acceptors (Lipinski definition) is 4. The molecular weight excluding hydrogens is 314 g/mol. The summed E-state index contributed by atoms with van der Waals surface area (Å²) >= 11 is 7.28. The summed E-state index contributed by atoms with van der Waals surface area (Å²) < 4.78 is 0. The maximum atomic E-state index is 12.1. The van der Waals surface area contributed by atoms with E-state index in [2.05, 4.69) is 0 Å². The van der Waals surface area contributed by atoms with Gasteiger partial charge in [0.15, 0.2) is 0 Å². The molecule has 0 aliphatic carbocycles. The molecule has 2 rings (SSSR count). The highest BCUT2D eigenvalue weighted by molar-refractivity contribution is 7.99. The Hall–Kier alpha value is -1.24. The molecule has 1 heterocycles. The van der Waals surface area contributed by atoms with Crippen LogP contribution in [0.15, 0.2) is 24.3 Å². The van der Waals surface area contributed by atoms with Crippen molar-refractivity contribution in [2.45, 2.75) is 24.3 Å². The Kier molecular flexibility index (Phi) is 5.50. The second-order valence-corrected chi connectivity index (χ2v) is 6.33. The molecule has 1 aromatic rings. The van der Waals surface area contributed by atoms with Crippen LogP contribution in [-0.4, -0.2) is 51.4 Å². The monoisotopic (exact) mass is 329 g/mol. The first kappa shape index (κ1) is 16.1. The van der Waals surface area contributed by atoms with E-state index in [1.54, 1.807) is 6.07 Å². The molecule has 2 N–H and O–H groups in total. The molecule has 5 nitrogen and oxygen atoms in total. The fourth-order valence-electron chi connectivity index (χ4n) is 2.29. The normalized spacial score (nSPS) is 21.5. The van der Waals surface area contributed by atoms with Crippen molar-refractivity contribution in [1.29, 1.82) is 0 Å². The summed E-state index contributed by atoms with van der Waals surface area (Å²) in [6.45, 7) is 0.0908. The number of aliphatic carboxylic acids is 1. The van der Waals surface area contributed by atoms with Gasteiger partial charge in [-0.15, -0.1) is 11.8 Å². The minimum Gasteiger partial charge on any atom is -0.480 e. The van der Waals surface area contributed by atoms with E-state index in [0.29, 0.717) is 10.8 Å². The van der Waals surface area contributed by atoms with Gasteiger partial charge in [0.1, 0.15) is 6.04 Å². The summed E-state index contributed by atoms with van der Waals surface area (Å²) in [6, 6.07) is 6.46. The Bertz CT molecular complexity index is 539. The van der Waals surface area contributed by atoms with Gasteiger partial charge in [-0.2, -0.15) is 0 Å². The smallest absolute Gasteiger partial charge is 0.326 e. The summed E-state index contributed by atoms with van der Waals surface area (Å²) in [6.07, 6.45) is -0.659. The van der Waals surface area contributed by atoms with E-state index in [0.717, 1.165) is 5.56 Å². The van der Waals surface area contributed by atoms with Crippen molar-refractivity contribution in [1.82, 2.24) is 4.90 Å². The van der Waals surface area contributed by atoms with Gasteiger partial charge in [-0.3, -0.25) is 4.79 Å². The molecule has 0 radical (unpaired) electrons. The second-order valence-electron chi connectivity index (χ2n) is 4.91. The number of amides is 1. The van der Waals surface area contributed by atoms with Crippen LogP contribution in [0.1, 0.15) is 12.0 Å². The van der Waals surface area contributed by atoms with E-state index in [1.807, 2.05) is 18.2 Å². The number of carbonyl (C=O) groups excluding carboxylic acids is 1. The molecular formula is C14H16ClNO4S. The molecule has 0 bridgehead atoms. The fourth-order valence-corrected chi connectivity index (χ4v) is 3.36. The van der Waals surface area contributed by atoms with E-state index in [9.17, 15) is 14.7 Å². The number of carboxylic acids is 1. The van der Waals surface area contributed by atoms with Crippen molar-refractivity contribution in [2.75, 3.05) is 12.3 Å². The van der Waals surface area contributed by atoms with Gasteiger partial charge in [0, 0.05) is 23.7 Å². The number of β-amino-alcohol motifs (C(OH)–C–C–N with tert-alkyl or cyclic N) is 1. The van der Waals surface area contributed by atoms with Crippen molar-refractivity contribution in [3.63, 3.8) is 0 Å². The maximum Gasteiger partial charge on any atom is 0.326 e. The standard InChI is InChI=1S/C14H16ClNO4S/c15-10-3-1-2-9(4-10)7-21-8-13(18)16-6-11(17)5-12(16)14(19)20/h1-4,11-12,17H,5-8H2,(H,19,20)/t11?,12-/m0/s1. The lowest BCUT2D eigenvalue weighted by Crippen LogP contribution is -2.41. The van der Waals surface area contributed by atoms with E-state index >= 15 is 0 Å². The molecule has 7 heteroatoms. The summed E-state index contributed by atoms with van der Waals surface area (Å²) in [5, 5.41) is 19.2. The molecule has 1 saturated heterocycles. The Morgan fingerprint density at radius 2 is 2.19 bits per heavy atom. The number of nitrogens with zero attached hydrogens (tertiary/aromatic N) is 1. The van der Waals surface area contributed by atoms with Crippen molar-refractivity contribution >= 4 is 35.2 Å². The SMILES string of the molecule is O=C(O)[C@@H]1CC(O)CN1C(=O)CSCc1cccc(Cl)c1. The zero-order chi connectivity index (χ0) is 15.4. The average molecular weight is 330 g/mol. The van der Waals surface area contributed by atoms with Crippen LogP contribution in [0.3, 0.4) is 0 Å². The quantitative estimate of drug-likeness (QED) is 0.858. The Labute approximate surface area is 131 Å². The first-order valence-electron chi connectivity index (χ1n) is 6.50. The highest BCUT2D eigenvalue weighted by Gasteiger charge is 2.38. The molecule has 1 aliphatic rings. The van der Waals surface area contributed by atoms with Gasteiger partial charge in [0.2, 0.25) is 5.91 Å². The number of halogens is 1. The number of carbonyl (C=O) groups is 2. The highest BCUT2D eigenvalue weighted by atomic mass is 35.5. The van der Waals surface area contributed by atoms with Crippen molar-refractivity contribution in [3.05, 3.63) is 34.9 Å². The van der Waals surface area contributed by atoms with Crippen molar-refractivity contribution in [2.24, 2.45) is 0 Å². The van der Waals surface area contributed by atoms with Crippen LogP contribution in [0, 0.1) is 0 Å². The number of hydrogen-bond donors (Lipinski definition) is 2. The Morgan fingerprint density at radius 1 is 1.43 bits per heavy atom. The molecule has 1 amide bonds. The van der Waals surface area contributed by atoms with Gasteiger partial charge in [-0.25, -0.2) is 4.79 Å². The van der Waals surface area contributed by atoms with Gasteiger partial charge in [-0.1, -0.05) is 23.7 Å². The lowest BCUT2D eigenvalue weighted by atomic mass is 10.2. The fraction of sp³-hybridized carbons (Fsp3) is 0.429. The molecule has 114 valence electrons. The van der Waals surface area contributed by atoms with E-state index in [1.165, 1.54) is 16.7 Å². The summed E-state index contributed by atoms with van der Waals surface area (Å²) in [5.41, 5.74) is 1.01. The molecule has 1 fully saturated rings. The predicted molar refractivity (Wildman–Crippen MR) is 81.4 cm³/mol. The molecule has 0 saturated carbocycles. The van der Waals surface area contributed by atoms with Crippen molar-refractivity contribution < 1.29 is 19.8 Å². The molecule has 1 aliphatic heterocycles. The van der Waals surface area contributed by atoms with Gasteiger partial charge >= 0.3 is 5.97 Å². The lowest BCUT2D eigenvalue weighted by molar-refractivity contribution is -0.147. The van der Waals surface area contributed by atoms with E-state index in [4.69, 9.17) is 16.7 Å².